The SMILES string of the molecule is CCCn1c(C)c(CC(=O)NC[C@H]2CCCOC2)c2c1CC(C)(C)CC2=O. The van der Waals surface area contributed by atoms with Gasteiger partial charge < -0.3 is 14.6 Å². The molecule has 2 aliphatic rings. The summed E-state index contributed by atoms with van der Waals surface area (Å²) < 4.78 is 7.77. The van der Waals surface area contributed by atoms with Crippen LogP contribution >= 0.6 is 0 Å². The molecule has 1 aromatic rings. The zero-order valence-corrected chi connectivity index (χ0v) is 17.3. The third-order valence-corrected chi connectivity index (χ3v) is 5.95. The van der Waals surface area contributed by atoms with Gasteiger partial charge in [-0.05, 0) is 49.5 Å². The van der Waals surface area contributed by atoms with Crippen molar-refractivity contribution in [3.8, 4) is 0 Å². The fourth-order valence-corrected chi connectivity index (χ4v) is 4.60. The number of carbonyl (C=O) groups excluding carboxylic acids is 2. The summed E-state index contributed by atoms with van der Waals surface area (Å²) in [7, 11) is 0. The lowest BCUT2D eigenvalue weighted by atomic mass is 9.75. The summed E-state index contributed by atoms with van der Waals surface area (Å²) in [6.45, 7) is 11.7. The summed E-state index contributed by atoms with van der Waals surface area (Å²) >= 11 is 0. The molecule has 150 valence electrons. The Balaban J connectivity index is 1.78. The van der Waals surface area contributed by atoms with Gasteiger partial charge in [-0.25, -0.2) is 0 Å². The van der Waals surface area contributed by atoms with Gasteiger partial charge in [0, 0.05) is 43.1 Å². The summed E-state index contributed by atoms with van der Waals surface area (Å²) in [5.74, 6) is 0.616. The Bertz CT molecular complexity index is 712. The highest BCUT2D eigenvalue weighted by atomic mass is 16.5. The number of fused-ring (bicyclic) bond motifs is 1. The van der Waals surface area contributed by atoms with E-state index in [1.807, 2.05) is 0 Å². The number of aromatic nitrogens is 1. The Hall–Kier alpha value is -1.62. The van der Waals surface area contributed by atoms with Gasteiger partial charge in [0.15, 0.2) is 5.78 Å². The second kappa shape index (κ2) is 8.17. The van der Waals surface area contributed by atoms with Crippen molar-refractivity contribution in [1.29, 1.82) is 0 Å². The molecule has 1 fully saturated rings. The Kier molecular flexibility index (Phi) is 6.09. The maximum atomic E-state index is 12.9. The van der Waals surface area contributed by atoms with Crippen molar-refractivity contribution < 1.29 is 14.3 Å². The summed E-state index contributed by atoms with van der Waals surface area (Å²) in [4.78, 5) is 25.5. The Morgan fingerprint density at radius 2 is 2.11 bits per heavy atom. The van der Waals surface area contributed by atoms with Crippen LogP contribution in [0.4, 0.5) is 0 Å². The van der Waals surface area contributed by atoms with Gasteiger partial charge in [0.25, 0.3) is 0 Å². The highest BCUT2D eigenvalue weighted by molar-refractivity contribution is 6.01. The molecular weight excluding hydrogens is 340 g/mol. The minimum atomic E-state index is -0.0130. The number of Topliss-reactive ketones (excluding diaryl/α,β-unsaturated/α-hetero) is 1. The molecule has 0 bridgehead atoms. The highest BCUT2D eigenvalue weighted by Crippen LogP contribution is 2.39. The molecule has 1 atom stereocenters. The van der Waals surface area contributed by atoms with Crippen LogP contribution in [0, 0.1) is 18.3 Å². The minimum absolute atomic E-state index is 0.0118. The topological polar surface area (TPSA) is 60.3 Å². The van der Waals surface area contributed by atoms with Crippen molar-refractivity contribution in [2.24, 2.45) is 11.3 Å². The van der Waals surface area contributed by atoms with Crippen molar-refractivity contribution in [2.45, 2.75) is 72.8 Å². The van der Waals surface area contributed by atoms with Crippen LogP contribution in [0.25, 0.3) is 0 Å². The number of ether oxygens (including phenoxy) is 1. The first kappa shape index (κ1) is 20.1. The van der Waals surface area contributed by atoms with Crippen LogP contribution in [0.5, 0.6) is 0 Å². The van der Waals surface area contributed by atoms with Crippen LogP contribution in [0.3, 0.4) is 0 Å². The van der Waals surface area contributed by atoms with Crippen LogP contribution in [0.1, 0.15) is 73.8 Å². The van der Waals surface area contributed by atoms with Crippen LogP contribution in [0.15, 0.2) is 0 Å². The molecule has 5 nitrogen and oxygen atoms in total. The van der Waals surface area contributed by atoms with E-state index in [4.69, 9.17) is 4.74 Å². The molecule has 1 aromatic heterocycles. The number of amides is 1. The molecule has 0 unspecified atom stereocenters. The Morgan fingerprint density at radius 3 is 2.78 bits per heavy atom. The van der Waals surface area contributed by atoms with Crippen molar-refractivity contribution in [3.05, 3.63) is 22.5 Å². The van der Waals surface area contributed by atoms with Gasteiger partial charge in [-0.15, -0.1) is 0 Å². The molecule has 3 rings (SSSR count). The largest absolute Gasteiger partial charge is 0.381 e. The van der Waals surface area contributed by atoms with Crippen LogP contribution in [-0.4, -0.2) is 36.0 Å². The quantitative estimate of drug-likeness (QED) is 0.830. The van der Waals surface area contributed by atoms with Crippen molar-refractivity contribution in [1.82, 2.24) is 9.88 Å². The van der Waals surface area contributed by atoms with E-state index in [2.05, 4.69) is 37.6 Å². The summed E-state index contributed by atoms with van der Waals surface area (Å²) in [6.07, 6.45) is 4.94. The van der Waals surface area contributed by atoms with Crippen LogP contribution in [-0.2, 0) is 28.9 Å². The normalized spacial score (nSPS) is 21.8. The van der Waals surface area contributed by atoms with E-state index in [0.29, 0.717) is 25.3 Å². The molecule has 1 saturated heterocycles. The first-order chi connectivity index (χ1) is 12.8. The Labute approximate surface area is 162 Å². The van der Waals surface area contributed by atoms with E-state index < -0.39 is 0 Å². The lowest BCUT2D eigenvalue weighted by Crippen LogP contribution is -2.34. The fraction of sp³-hybridized carbons (Fsp3) is 0.727. The number of carbonyl (C=O) groups is 2. The number of rotatable bonds is 6. The second-order valence-electron chi connectivity index (χ2n) is 9.04. The number of ketones is 1. The highest BCUT2D eigenvalue weighted by Gasteiger charge is 2.36. The van der Waals surface area contributed by atoms with Crippen LogP contribution < -0.4 is 5.32 Å². The molecule has 0 spiro atoms. The van der Waals surface area contributed by atoms with Gasteiger partial charge in [0.05, 0.1) is 13.0 Å². The number of nitrogens with zero attached hydrogens (tertiary/aromatic N) is 1. The maximum absolute atomic E-state index is 12.9. The van der Waals surface area contributed by atoms with Gasteiger partial charge >= 0.3 is 0 Å². The van der Waals surface area contributed by atoms with E-state index in [0.717, 1.165) is 68.0 Å². The molecule has 5 heteroatoms. The zero-order valence-electron chi connectivity index (χ0n) is 17.3. The molecule has 0 radical (unpaired) electrons. The monoisotopic (exact) mass is 374 g/mol. The fourth-order valence-electron chi connectivity index (χ4n) is 4.60. The molecule has 1 N–H and O–H groups in total. The molecule has 1 aliphatic carbocycles. The number of nitrogens with one attached hydrogen (secondary N) is 1. The first-order valence-corrected chi connectivity index (χ1v) is 10.4. The third kappa shape index (κ3) is 4.45. The van der Waals surface area contributed by atoms with Crippen molar-refractivity contribution >= 4 is 11.7 Å². The van der Waals surface area contributed by atoms with E-state index >= 15 is 0 Å². The average molecular weight is 375 g/mol. The number of hydrogen-bond donors (Lipinski definition) is 1. The van der Waals surface area contributed by atoms with Crippen LogP contribution in [0.2, 0.25) is 0 Å². The molecular formula is C22H34N2O3. The standard InChI is InChI=1S/C22H34N2O3/c1-5-8-24-15(2)17(21-18(24)11-22(3,4)12-19(21)25)10-20(26)23-13-16-7-6-9-27-14-16/h16H,5-14H2,1-4H3,(H,23,26)/t16-/m1/s1. The molecule has 27 heavy (non-hydrogen) atoms. The third-order valence-electron chi connectivity index (χ3n) is 5.95. The predicted octanol–water partition coefficient (Wildman–Crippen LogP) is 3.45. The van der Waals surface area contributed by atoms with Gasteiger partial charge in [-0.1, -0.05) is 20.8 Å². The molecule has 2 heterocycles. The molecule has 1 amide bonds. The lowest BCUT2D eigenvalue weighted by Gasteiger charge is -2.30. The maximum Gasteiger partial charge on any atom is 0.224 e. The lowest BCUT2D eigenvalue weighted by molar-refractivity contribution is -0.120. The second-order valence-corrected chi connectivity index (χ2v) is 9.04. The molecule has 1 aliphatic heterocycles. The predicted molar refractivity (Wildman–Crippen MR) is 106 cm³/mol. The Morgan fingerprint density at radius 1 is 1.33 bits per heavy atom. The van der Waals surface area contributed by atoms with E-state index in [-0.39, 0.29) is 17.1 Å². The summed E-state index contributed by atoms with van der Waals surface area (Å²) in [6, 6.07) is 0. The summed E-state index contributed by atoms with van der Waals surface area (Å²) in [5.41, 5.74) is 3.98. The molecule has 0 aromatic carbocycles. The first-order valence-electron chi connectivity index (χ1n) is 10.4. The average Bonchev–Trinajstić information content (AvgIpc) is 2.86. The molecule has 0 saturated carbocycles. The minimum Gasteiger partial charge on any atom is -0.381 e. The number of hydrogen-bond acceptors (Lipinski definition) is 3. The smallest absolute Gasteiger partial charge is 0.224 e. The van der Waals surface area contributed by atoms with E-state index in [9.17, 15) is 9.59 Å². The summed E-state index contributed by atoms with van der Waals surface area (Å²) in [5, 5.41) is 3.07. The van der Waals surface area contributed by atoms with E-state index in [1.165, 1.54) is 0 Å². The van der Waals surface area contributed by atoms with Gasteiger partial charge in [-0.2, -0.15) is 0 Å². The van der Waals surface area contributed by atoms with Crippen molar-refractivity contribution in [3.63, 3.8) is 0 Å². The van der Waals surface area contributed by atoms with Crippen molar-refractivity contribution in [2.75, 3.05) is 19.8 Å². The van der Waals surface area contributed by atoms with E-state index in [1.54, 1.807) is 0 Å². The van der Waals surface area contributed by atoms with Gasteiger partial charge in [0.2, 0.25) is 5.91 Å². The van der Waals surface area contributed by atoms with Gasteiger partial charge in [0.1, 0.15) is 0 Å². The zero-order chi connectivity index (χ0) is 19.6. The van der Waals surface area contributed by atoms with Gasteiger partial charge in [-0.3, -0.25) is 9.59 Å².